The van der Waals surface area contributed by atoms with Crippen LogP contribution in [0.4, 0.5) is 0 Å². The lowest BCUT2D eigenvalue weighted by Crippen LogP contribution is -2.18. The molecule has 2 amide bonds. The van der Waals surface area contributed by atoms with Gasteiger partial charge in [0.15, 0.2) is 0 Å². The molecule has 1 aliphatic rings. The van der Waals surface area contributed by atoms with Gasteiger partial charge in [-0.05, 0) is 16.8 Å². The number of benzene rings is 2. The van der Waals surface area contributed by atoms with E-state index in [0.717, 1.165) is 10.8 Å². The molecule has 0 bridgehead atoms. The summed E-state index contributed by atoms with van der Waals surface area (Å²) in [6.07, 6.45) is 0. The molecule has 1 heterocycles. The van der Waals surface area contributed by atoms with Crippen LogP contribution in [0, 0.1) is 0 Å². The van der Waals surface area contributed by atoms with Crippen molar-refractivity contribution in [2.24, 2.45) is 0 Å². The Labute approximate surface area is 96.3 Å². The Kier molecular flexibility index (Phi) is 1.79. The van der Waals surface area contributed by atoms with Gasteiger partial charge in [-0.2, -0.15) is 4.42 Å². The van der Waals surface area contributed by atoms with E-state index in [0.29, 0.717) is 15.5 Å². The van der Waals surface area contributed by atoms with E-state index in [4.69, 9.17) is 11.8 Å². The van der Waals surface area contributed by atoms with Crippen molar-refractivity contribution in [1.82, 2.24) is 4.42 Å². The maximum atomic E-state index is 11.8. The predicted molar refractivity (Wildman–Crippen MR) is 60.3 cm³/mol. The van der Waals surface area contributed by atoms with Crippen molar-refractivity contribution in [1.29, 1.82) is 0 Å². The number of halogens is 1. The number of rotatable bonds is 0. The average Bonchev–Trinajstić information content (AvgIpc) is 2.55. The Morgan fingerprint density at radius 2 is 1.69 bits per heavy atom. The molecule has 3 nitrogen and oxygen atoms in total. The largest absolute Gasteiger partial charge is 0.277 e. The Balaban J connectivity index is 2.46. The number of fused-ring (bicyclic) bond motifs is 3. The van der Waals surface area contributed by atoms with E-state index in [1.807, 2.05) is 30.3 Å². The number of amides is 2. The molecular formula is C12H6ClNO2. The molecule has 0 radical (unpaired) electrons. The summed E-state index contributed by atoms with van der Waals surface area (Å²) in [5.41, 5.74) is 0.775. The van der Waals surface area contributed by atoms with Crippen LogP contribution in [0.25, 0.3) is 10.8 Å². The third-order valence-corrected chi connectivity index (χ3v) is 3.04. The zero-order valence-electron chi connectivity index (χ0n) is 8.11. The van der Waals surface area contributed by atoms with Gasteiger partial charge in [-0.25, -0.2) is 0 Å². The second kappa shape index (κ2) is 3.06. The molecule has 1 aliphatic heterocycles. The Morgan fingerprint density at radius 1 is 0.938 bits per heavy atom. The number of hydrogen-bond acceptors (Lipinski definition) is 2. The van der Waals surface area contributed by atoms with Gasteiger partial charge in [-0.3, -0.25) is 9.59 Å². The molecule has 0 saturated carbocycles. The van der Waals surface area contributed by atoms with Gasteiger partial charge in [-0.15, -0.1) is 0 Å². The van der Waals surface area contributed by atoms with Gasteiger partial charge in [0.1, 0.15) is 0 Å². The number of carbonyl (C=O) groups is 2. The second-order valence-electron chi connectivity index (χ2n) is 3.60. The van der Waals surface area contributed by atoms with Crippen LogP contribution in [0.1, 0.15) is 20.7 Å². The SMILES string of the molecule is O=C1c2ccc3ccccc3c2C(=O)N1Cl. The van der Waals surface area contributed by atoms with Crippen LogP contribution in [-0.2, 0) is 0 Å². The van der Waals surface area contributed by atoms with Crippen molar-refractivity contribution in [3.05, 3.63) is 47.5 Å². The maximum Gasteiger partial charge on any atom is 0.277 e. The fourth-order valence-corrected chi connectivity index (χ4v) is 2.15. The quantitative estimate of drug-likeness (QED) is 0.516. The van der Waals surface area contributed by atoms with Crippen LogP contribution in [0.3, 0.4) is 0 Å². The molecule has 0 spiro atoms. The average molecular weight is 232 g/mol. The Bertz CT molecular complexity index is 636. The number of hydrogen-bond donors (Lipinski definition) is 0. The highest BCUT2D eigenvalue weighted by Gasteiger charge is 2.35. The van der Waals surface area contributed by atoms with Gasteiger partial charge >= 0.3 is 0 Å². The molecule has 3 rings (SSSR count). The minimum absolute atomic E-state index is 0.374. The predicted octanol–water partition coefficient (Wildman–Crippen LogP) is 2.59. The molecule has 2 aromatic carbocycles. The molecule has 0 unspecified atom stereocenters. The summed E-state index contributed by atoms with van der Waals surface area (Å²) < 4.78 is 0.636. The zero-order valence-corrected chi connectivity index (χ0v) is 8.86. The van der Waals surface area contributed by atoms with Gasteiger partial charge in [-0.1, -0.05) is 30.3 Å². The highest BCUT2D eigenvalue weighted by Crippen LogP contribution is 2.30. The molecule has 0 N–H and O–H groups in total. The molecule has 0 fully saturated rings. The van der Waals surface area contributed by atoms with Crippen molar-refractivity contribution in [3.63, 3.8) is 0 Å². The summed E-state index contributed by atoms with van der Waals surface area (Å²) in [4.78, 5) is 23.4. The van der Waals surface area contributed by atoms with E-state index in [1.165, 1.54) is 0 Å². The lowest BCUT2D eigenvalue weighted by Gasteiger charge is -2.01. The second-order valence-corrected chi connectivity index (χ2v) is 3.94. The first-order chi connectivity index (χ1) is 7.70. The van der Waals surface area contributed by atoms with E-state index in [1.54, 1.807) is 6.07 Å². The highest BCUT2D eigenvalue weighted by atomic mass is 35.5. The monoisotopic (exact) mass is 231 g/mol. The van der Waals surface area contributed by atoms with Crippen LogP contribution in [0.5, 0.6) is 0 Å². The Hall–Kier alpha value is -1.87. The normalized spacial score (nSPS) is 14.7. The van der Waals surface area contributed by atoms with E-state index < -0.39 is 11.8 Å². The van der Waals surface area contributed by atoms with Gasteiger partial charge in [0.2, 0.25) is 0 Å². The first-order valence-electron chi connectivity index (χ1n) is 4.76. The van der Waals surface area contributed by atoms with E-state index in [-0.39, 0.29) is 0 Å². The molecule has 0 aliphatic carbocycles. The molecular weight excluding hydrogens is 226 g/mol. The van der Waals surface area contributed by atoms with Crippen LogP contribution in [0.15, 0.2) is 36.4 Å². The third-order valence-electron chi connectivity index (χ3n) is 2.73. The highest BCUT2D eigenvalue weighted by molar-refractivity contribution is 6.41. The fourth-order valence-electron chi connectivity index (χ4n) is 1.98. The fraction of sp³-hybridized carbons (Fsp3) is 0. The maximum absolute atomic E-state index is 11.8. The molecule has 4 heteroatoms. The van der Waals surface area contributed by atoms with Crippen molar-refractivity contribution in [2.75, 3.05) is 0 Å². The van der Waals surface area contributed by atoms with Crippen LogP contribution < -0.4 is 0 Å². The van der Waals surface area contributed by atoms with Crippen LogP contribution in [0.2, 0.25) is 0 Å². The van der Waals surface area contributed by atoms with E-state index in [2.05, 4.69) is 0 Å². The molecule has 0 atom stereocenters. The summed E-state index contributed by atoms with van der Waals surface area (Å²) in [6.45, 7) is 0. The van der Waals surface area contributed by atoms with Crippen molar-refractivity contribution in [2.45, 2.75) is 0 Å². The minimum atomic E-state index is -0.451. The van der Waals surface area contributed by atoms with Crippen LogP contribution >= 0.6 is 11.8 Å². The smallest absolute Gasteiger partial charge is 0.267 e. The molecule has 78 valence electrons. The van der Waals surface area contributed by atoms with E-state index >= 15 is 0 Å². The standard InChI is InChI=1S/C12H6ClNO2/c13-14-11(15)9-6-5-7-3-1-2-4-8(7)10(9)12(14)16/h1-6H. The van der Waals surface area contributed by atoms with Gasteiger partial charge in [0.25, 0.3) is 11.8 Å². The lowest BCUT2D eigenvalue weighted by atomic mass is 10.0. The van der Waals surface area contributed by atoms with Gasteiger partial charge in [0, 0.05) is 11.8 Å². The lowest BCUT2D eigenvalue weighted by molar-refractivity contribution is 0.0768. The number of imide groups is 1. The first kappa shape index (κ1) is 9.36. The van der Waals surface area contributed by atoms with Crippen molar-refractivity contribution < 1.29 is 9.59 Å². The molecule has 16 heavy (non-hydrogen) atoms. The summed E-state index contributed by atoms with van der Waals surface area (Å²) in [5.74, 6) is -0.897. The summed E-state index contributed by atoms with van der Waals surface area (Å²) in [7, 11) is 0. The van der Waals surface area contributed by atoms with Crippen molar-refractivity contribution in [3.8, 4) is 0 Å². The number of nitrogens with zero attached hydrogens (tertiary/aromatic N) is 1. The van der Waals surface area contributed by atoms with E-state index in [9.17, 15) is 9.59 Å². The van der Waals surface area contributed by atoms with Gasteiger partial charge < -0.3 is 0 Å². The summed E-state index contributed by atoms with van der Waals surface area (Å²) in [6, 6.07) is 10.9. The zero-order chi connectivity index (χ0) is 11.3. The third kappa shape index (κ3) is 1.03. The van der Waals surface area contributed by atoms with Crippen LogP contribution in [-0.4, -0.2) is 16.2 Å². The molecule has 2 aromatic rings. The summed E-state index contributed by atoms with van der Waals surface area (Å²) in [5, 5.41) is 1.69. The molecule has 0 saturated heterocycles. The van der Waals surface area contributed by atoms with Crippen molar-refractivity contribution >= 4 is 34.4 Å². The number of carbonyl (C=O) groups excluding carboxylic acids is 2. The Morgan fingerprint density at radius 3 is 2.50 bits per heavy atom. The van der Waals surface area contributed by atoms with Gasteiger partial charge in [0.05, 0.1) is 11.1 Å². The first-order valence-corrected chi connectivity index (χ1v) is 5.10. The molecule has 0 aromatic heterocycles. The topological polar surface area (TPSA) is 37.4 Å². The summed E-state index contributed by atoms with van der Waals surface area (Å²) >= 11 is 5.61. The minimum Gasteiger partial charge on any atom is -0.267 e.